The number of carbonyl (C=O) groups is 1. The Labute approximate surface area is 223 Å². The number of methoxy groups -OCH3 is 1. The molecule has 0 saturated carbocycles. The minimum Gasteiger partial charge on any atom is -0.497 e. The number of rotatable bonds is 6. The summed E-state index contributed by atoms with van der Waals surface area (Å²) in [6, 6.07) is 14.1. The minimum absolute atomic E-state index is 0.204. The molecule has 2 aliphatic heterocycles. The van der Waals surface area contributed by atoms with E-state index in [0.717, 1.165) is 30.7 Å². The zero-order chi connectivity index (χ0) is 27.1. The van der Waals surface area contributed by atoms with Gasteiger partial charge in [0, 0.05) is 31.4 Å². The molecule has 38 heavy (non-hydrogen) atoms. The highest BCUT2D eigenvalue weighted by molar-refractivity contribution is 7.90. The summed E-state index contributed by atoms with van der Waals surface area (Å²) in [4.78, 5) is 26.3. The number of fused-ring (bicyclic) bond motifs is 1. The summed E-state index contributed by atoms with van der Waals surface area (Å²) in [7, 11) is -2.57. The van der Waals surface area contributed by atoms with Crippen molar-refractivity contribution in [3.8, 4) is 5.75 Å². The normalized spacial score (nSPS) is 18.7. The van der Waals surface area contributed by atoms with E-state index in [-0.39, 0.29) is 16.1 Å². The fourth-order valence-corrected chi connectivity index (χ4v) is 6.14. The number of nitrogens with zero attached hydrogens (tertiary/aromatic N) is 4. The highest BCUT2D eigenvalue weighted by Gasteiger charge is 2.40. The van der Waals surface area contributed by atoms with Crippen LogP contribution in [0.25, 0.3) is 0 Å². The van der Waals surface area contributed by atoms with Gasteiger partial charge in [-0.25, -0.2) is 14.7 Å². The maximum absolute atomic E-state index is 13.3. The molecule has 1 N–H and O–H groups in total. The molecule has 0 aliphatic carbocycles. The molecule has 3 aromatic rings. The first kappa shape index (κ1) is 26.0. The summed E-state index contributed by atoms with van der Waals surface area (Å²) in [5.41, 5.74) is 2.36. The Morgan fingerprint density at radius 2 is 1.92 bits per heavy atom. The van der Waals surface area contributed by atoms with Gasteiger partial charge in [0.25, 0.3) is 15.9 Å². The maximum Gasteiger partial charge on any atom is 0.281 e. The molecule has 1 fully saturated rings. The molecule has 1 saturated heterocycles. The third-order valence-corrected chi connectivity index (χ3v) is 9.17. The highest BCUT2D eigenvalue weighted by atomic mass is 32.2. The van der Waals surface area contributed by atoms with Crippen molar-refractivity contribution in [2.75, 3.05) is 30.0 Å². The number of sulfonamides is 1. The number of hydrogen-bond donors (Lipinski definition) is 1. The van der Waals surface area contributed by atoms with Gasteiger partial charge in [-0.3, -0.25) is 4.79 Å². The van der Waals surface area contributed by atoms with Gasteiger partial charge in [-0.1, -0.05) is 19.1 Å². The molecule has 0 spiro atoms. The topological polar surface area (TPSA) is 105 Å². The SMILES string of the molecule is COc1ccc2c(c1)CCN(c1cccc(S(=O)(=O)NC(=O)c3cccnc3N3CCC(C)C3(C)C)n1)C2. The first-order valence-electron chi connectivity index (χ1n) is 12.8. The van der Waals surface area contributed by atoms with Crippen molar-refractivity contribution in [2.24, 2.45) is 5.92 Å². The average Bonchev–Trinajstić information content (AvgIpc) is 3.19. The number of benzene rings is 1. The number of nitrogens with one attached hydrogen (secondary N) is 1. The molecule has 2 aromatic heterocycles. The second-order valence-electron chi connectivity index (χ2n) is 10.4. The lowest BCUT2D eigenvalue weighted by Gasteiger charge is -2.36. The second-order valence-corrected chi connectivity index (χ2v) is 12.1. The number of ether oxygens (including phenoxy) is 1. The van der Waals surface area contributed by atoms with Crippen molar-refractivity contribution >= 4 is 27.6 Å². The van der Waals surface area contributed by atoms with Crippen LogP contribution in [0.3, 0.4) is 0 Å². The average molecular weight is 536 g/mol. The van der Waals surface area contributed by atoms with Gasteiger partial charge in [0.2, 0.25) is 0 Å². The molecule has 200 valence electrons. The van der Waals surface area contributed by atoms with E-state index in [9.17, 15) is 13.2 Å². The Balaban J connectivity index is 1.36. The van der Waals surface area contributed by atoms with E-state index in [1.165, 1.54) is 11.6 Å². The van der Waals surface area contributed by atoms with E-state index in [0.29, 0.717) is 30.6 Å². The number of hydrogen-bond acceptors (Lipinski definition) is 8. The molecule has 2 aliphatic rings. The van der Waals surface area contributed by atoms with Crippen LogP contribution in [-0.4, -0.2) is 50.0 Å². The van der Waals surface area contributed by atoms with Crippen LogP contribution in [0.5, 0.6) is 5.75 Å². The van der Waals surface area contributed by atoms with E-state index in [2.05, 4.69) is 40.4 Å². The van der Waals surface area contributed by atoms with Crippen molar-refractivity contribution in [1.82, 2.24) is 14.7 Å². The molecule has 4 heterocycles. The van der Waals surface area contributed by atoms with E-state index >= 15 is 0 Å². The van der Waals surface area contributed by atoms with E-state index < -0.39 is 15.9 Å². The Kier molecular flexibility index (Phi) is 6.77. The lowest BCUT2D eigenvalue weighted by atomic mass is 9.90. The van der Waals surface area contributed by atoms with Gasteiger partial charge in [0.15, 0.2) is 5.03 Å². The van der Waals surface area contributed by atoms with Crippen LogP contribution < -0.4 is 19.3 Å². The summed E-state index contributed by atoms with van der Waals surface area (Å²) in [6.07, 6.45) is 3.38. The van der Waals surface area contributed by atoms with Crippen LogP contribution in [0.15, 0.2) is 59.8 Å². The van der Waals surface area contributed by atoms with Crippen LogP contribution >= 0.6 is 0 Å². The molecule has 5 rings (SSSR count). The molecule has 10 heteroatoms. The van der Waals surface area contributed by atoms with Crippen molar-refractivity contribution in [3.05, 3.63) is 71.4 Å². The zero-order valence-electron chi connectivity index (χ0n) is 22.1. The molecule has 1 amide bonds. The van der Waals surface area contributed by atoms with Gasteiger partial charge < -0.3 is 14.5 Å². The Morgan fingerprint density at radius 1 is 1.11 bits per heavy atom. The van der Waals surface area contributed by atoms with Gasteiger partial charge in [-0.05, 0) is 80.1 Å². The summed E-state index contributed by atoms with van der Waals surface area (Å²) in [6.45, 7) is 8.43. The van der Waals surface area contributed by atoms with Gasteiger partial charge >= 0.3 is 0 Å². The lowest BCUT2D eigenvalue weighted by molar-refractivity contribution is 0.0981. The largest absolute Gasteiger partial charge is 0.497 e. The number of anilines is 2. The Hall–Kier alpha value is -3.66. The summed E-state index contributed by atoms with van der Waals surface area (Å²) in [5, 5.41) is -0.204. The van der Waals surface area contributed by atoms with Gasteiger partial charge in [0.05, 0.1) is 12.7 Å². The van der Waals surface area contributed by atoms with Crippen LogP contribution in [0.1, 0.15) is 48.7 Å². The lowest BCUT2D eigenvalue weighted by Crippen LogP contribution is -2.43. The van der Waals surface area contributed by atoms with E-state index in [1.54, 1.807) is 37.6 Å². The molecule has 1 atom stereocenters. The quantitative estimate of drug-likeness (QED) is 0.508. The number of pyridine rings is 2. The molecular weight excluding hydrogens is 502 g/mol. The fraction of sp³-hybridized carbons (Fsp3) is 0.393. The summed E-state index contributed by atoms with van der Waals surface area (Å²) in [5.74, 6) is 1.52. The predicted octanol–water partition coefficient (Wildman–Crippen LogP) is 3.79. The molecule has 1 aromatic carbocycles. The van der Waals surface area contributed by atoms with Crippen molar-refractivity contribution in [1.29, 1.82) is 0 Å². The predicted molar refractivity (Wildman–Crippen MR) is 146 cm³/mol. The highest BCUT2D eigenvalue weighted by Crippen LogP contribution is 2.38. The van der Waals surface area contributed by atoms with E-state index in [1.807, 2.05) is 23.1 Å². The Morgan fingerprint density at radius 3 is 2.66 bits per heavy atom. The van der Waals surface area contributed by atoms with Crippen LogP contribution in [0, 0.1) is 5.92 Å². The van der Waals surface area contributed by atoms with Crippen molar-refractivity contribution < 1.29 is 17.9 Å². The second kappa shape index (κ2) is 9.90. The third-order valence-electron chi connectivity index (χ3n) is 7.94. The maximum atomic E-state index is 13.3. The van der Waals surface area contributed by atoms with Crippen LogP contribution in [0.2, 0.25) is 0 Å². The van der Waals surface area contributed by atoms with Gasteiger partial charge in [-0.2, -0.15) is 8.42 Å². The van der Waals surface area contributed by atoms with Crippen LogP contribution in [0.4, 0.5) is 11.6 Å². The molecule has 9 nitrogen and oxygen atoms in total. The number of carbonyl (C=O) groups excluding carboxylic acids is 1. The molecule has 0 bridgehead atoms. The molecular formula is C28H33N5O4S. The van der Waals surface area contributed by atoms with E-state index in [4.69, 9.17) is 4.74 Å². The van der Waals surface area contributed by atoms with Gasteiger partial charge in [-0.15, -0.1) is 0 Å². The fourth-order valence-electron chi connectivity index (χ4n) is 5.21. The standard InChI is InChI=1S/C28H33N5O4S/c1-19-12-16-33(28(19,2)3)26-23(7-6-14-29-26)27(34)31-38(35,36)25-9-5-8-24(30-25)32-15-13-20-17-22(37-4)11-10-21(20)18-32/h5-11,14,17,19H,12-13,15-16,18H2,1-4H3,(H,31,34). The van der Waals surface area contributed by atoms with Gasteiger partial charge in [0.1, 0.15) is 17.4 Å². The zero-order valence-corrected chi connectivity index (χ0v) is 23.0. The first-order chi connectivity index (χ1) is 18.1. The van der Waals surface area contributed by atoms with Crippen molar-refractivity contribution in [3.63, 3.8) is 0 Å². The monoisotopic (exact) mass is 535 g/mol. The summed E-state index contributed by atoms with van der Waals surface area (Å²) >= 11 is 0. The number of amides is 1. The van der Waals surface area contributed by atoms with Crippen LogP contribution in [-0.2, 0) is 23.0 Å². The molecule has 1 unspecified atom stereocenters. The smallest absolute Gasteiger partial charge is 0.281 e. The first-order valence-corrected chi connectivity index (χ1v) is 14.3. The summed E-state index contributed by atoms with van der Waals surface area (Å²) < 4.78 is 34.1. The Bertz CT molecular complexity index is 1470. The minimum atomic E-state index is -4.22. The third kappa shape index (κ3) is 4.80. The molecule has 0 radical (unpaired) electrons. The van der Waals surface area contributed by atoms with Crippen molar-refractivity contribution in [2.45, 2.75) is 50.7 Å². The number of aromatic nitrogens is 2.